The Kier molecular flexibility index (Phi) is 6.01. The standard InChI is InChI=1S/C20H18FN5O2/c1-3-17(26-28-20-16(21)5-4-9-23-20)14-6-7-18(24-11-14)25-19(27)15-12-22-10-8-13(15)2/h4-12H,3H2,1-2H3,(H,24,25,27)/b26-17-. The van der Waals surface area contributed by atoms with Gasteiger partial charge in [0.1, 0.15) is 5.82 Å². The molecule has 0 aromatic carbocycles. The maximum Gasteiger partial charge on any atom is 0.284 e. The lowest BCUT2D eigenvalue weighted by atomic mass is 10.1. The van der Waals surface area contributed by atoms with Gasteiger partial charge in [0.25, 0.3) is 11.8 Å². The van der Waals surface area contributed by atoms with Crippen LogP contribution in [0.5, 0.6) is 5.88 Å². The maximum absolute atomic E-state index is 13.6. The molecule has 0 bridgehead atoms. The van der Waals surface area contributed by atoms with E-state index in [2.05, 4.69) is 25.4 Å². The third-order valence-corrected chi connectivity index (χ3v) is 3.92. The summed E-state index contributed by atoms with van der Waals surface area (Å²) in [6.07, 6.45) is 6.66. The summed E-state index contributed by atoms with van der Waals surface area (Å²) >= 11 is 0. The Morgan fingerprint density at radius 2 is 2.04 bits per heavy atom. The number of carbonyl (C=O) groups excluding carboxylic acids is 1. The lowest BCUT2D eigenvalue weighted by Crippen LogP contribution is -2.15. The Bertz CT molecular complexity index is 1010. The van der Waals surface area contributed by atoms with Gasteiger partial charge in [-0.05, 0) is 49.2 Å². The number of pyridine rings is 3. The van der Waals surface area contributed by atoms with Crippen LogP contribution in [0.25, 0.3) is 0 Å². The van der Waals surface area contributed by atoms with Crippen LogP contribution < -0.4 is 10.2 Å². The Labute approximate surface area is 161 Å². The number of anilines is 1. The van der Waals surface area contributed by atoms with Crippen LogP contribution in [0.15, 0.2) is 60.3 Å². The lowest BCUT2D eigenvalue weighted by Gasteiger charge is -2.08. The Morgan fingerprint density at radius 1 is 1.18 bits per heavy atom. The molecule has 142 valence electrons. The molecule has 0 aliphatic carbocycles. The molecule has 28 heavy (non-hydrogen) atoms. The first-order valence-electron chi connectivity index (χ1n) is 8.61. The van der Waals surface area contributed by atoms with Crippen molar-refractivity contribution < 1.29 is 14.0 Å². The van der Waals surface area contributed by atoms with E-state index in [1.807, 2.05) is 13.8 Å². The van der Waals surface area contributed by atoms with Crippen LogP contribution in [0.1, 0.15) is 34.8 Å². The van der Waals surface area contributed by atoms with Crippen molar-refractivity contribution >= 4 is 17.4 Å². The first-order valence-corrected chi connectivity index (χ1v) is 8.61. The lowest BCUT2D eigenvalue weighted by molar-refractivity contribution is 0.102. The third-order valence-electron chi connectivity index (χ3n) is 3.92. The summed E-state index contributed by atoms with van der Waals surface area (Å²) in [6.45, 7) is 3.72. The van der Waals surface area contributed by atoms with Crippen molar-refractivity contribution in [3.63, 3.8) is 0 Å². The summed E-state index contributed by atoms with van der Waals surface area (Å²) in [5.41, 5.74) is 2.56. The molecule has 0 aliphatic heterocycles. The van der Waals surface area contributed by atoms with E-state index in [-0.39, 0.29) is 11.8 Å². The number of amides is 1. The van der Waals surface area contributed by atoms with Crippen molar-refractivity contribution in [2.75, 3.05) is 5.32 Å². The number of carbonyl (C=O) groups is 1. The molecule has 1 amide bonds. The van der Waals surface area contributed by atoms with Crippen molar-refractivity contribution in [2.24, 2.45) is 5.16 Å². The molecule has 0 radical (unpaired) electrons. The number of aryl methyl sites for hydroxylation is 1. The summed E-state index contributed by atoms with van der Waals surface area (Å²) in [4.78, 5) is 29.4. The van der Waals surface area contributed by atoms with Crippen LogP contribution in [0.2, 0.25) is 0 Å². The zero-order valence-corrected chi connectivity index (χ0v) is 15.4. The number of hydrogen-bond donors (Lipinski definition) is 1. The third kappa shape index (κ3) is 4.53. The smallest absolute Gasteiger partial charge is 0.284 e. The molecule has 3 aromatic rings. The van der Waals surface area contributed by atoms with Gasteiger partial charge in [-0.1, -0.05) is 12.1 Å². The largest absolute Gasteiger partial charge is 0.333 e. The van der Waals surface area contributed by atoms with Crippen LogP contribution in [-0.4, -0.2) is 26.6 Å². The van der Waals surface area contributed by atoms with Gasteiger partial charge in [0, 0.05) is 30.4 Å². The zero-order chi connectivity index (χ0) is 19.9. The minimum atomic E-state index is -0.594. The molecule has 0 atom stereocenters. The summed E-state index contributed by atoms with van der Waals surface area (Å²) in [7, 11) is 0. The number of aromatic nitrogens is 3. The van der Waals surface area contributed by atoms with E-state index in [0.717, 1.165) is 5.56 Å². The number of nitrogens with one attached hydrogen (secondary N) is 1. The highest BCUT2D eigenvalue weighted by Gasteiger charge is 2.11. The molecule has 3 aromatic heterocycles. The number of hydrogen-bond acceptors (Lipinski definition) is 6. The van der Waals surface area contributed by atoms with Crippen LogP contribution in [0, 0.1) is 12.7 Å². The van der Waals surface area contributed by atoms with Crippen LogP contribution in [0.3, 0.4) is 0 Å². The van der Waals surface area contributed by atoms with Gasteiger partial charge in [-0.25, -0.2) is 14.4 Å². The first-order chi connectivity index (χ1) is 13.6. The fraction of sp³-hybridized carbons (Fsp3) is 0.150. The van der Waals surface area contributed by atoms with Gasteiger partial charge >= 0.3 is 0 Å². The molecule has 3 rings (SSSR count). The number of oxime groups is 1. The molecule has 7 nitrogen and oxygen atoms in total. The van der Waals surface area contributed by atoms with E-state index in [9.17, 15) is 9.18 Å². The second kappa shape index (κ2) is 8.81. The number of halogens is 1. The quantitative estimate of drug-likeness (QED) is 0.520. The minimum Gasteiger partial charge on any atom is -0.333 e. The Balaban J connectivity index is 1.72. The minimum absolute atomic E-state index is 0.197. The highest BCUT2D eigenvalue weighted by atomic mass is 19.1. The van der Waals surface area contributed by atoms with E-state index >= 15 is 0 Å². The zero-order valence-electron chi connectivity index (χ0n) is 15.4. The molecule has 1 N–H and O–H groups in total. The predicted octanol–water partition coefficient (Wildman–Crippen LogP) is 3.76. The number of rotatable bonds is 6. The molecule has 0 aliphatic rings. The second-order valence-electron chi connectivity index (χ2n) is 5.85. The molecule has 0 unspecified atom stereocenters. The van der Waals surface area contributed by atoms with Crippen molar-refractivity contribution in [3.05, 3.63) is 77.6 Å². The van der Waals surface area contributed by atoms with Crippen LogP contribution in [0.4, 0.5) is 10.2 Å². The normalized spacial score (nSPS) is 11.2. The van der Waals surface area contributed by atoms with Crippen molar-refractivity contribution in [1.29, 1.82) is 0 Å². The van der Waals surface area contributed by atoms with E-state index in [1.165, 1.54) is 24.5 Å². The average molecular weight is 379 g/mol. The fourth-order valence-corrected chi connectivity index (χ4v) is 2.38. The summed E-state index contributed by atoms with van der Waals surface area (Å²) in [6, 6.07) is 7.88. The Hall–Kier alpha value is -3.68. The Morgan fingerprint density at radius 3 is 2.71 bits per heavy atom. The molecule has 8 heteroatoms. The highest BCUT2D eigenvalue weighted by molar-refractivity contribution is 6.05. The van der Waals surface area contributed by atoms with Gasteiger partial charge in [0.2, 0.25) is 0 Å². The fourth-order valence-electron chi connectivity index (χ4n) is 2.38. The average Bonchev–Trinajstić information content (AvgIpc) is 2.71. The molecular formula is C20H18FN5O2. The molecule has 0 saturated carbocycles. The monoisotopic (exact) mass is 379 g/mol. The SMILES string of the molecule is CC/C(=N/Oc1ncccc1F)c1ccc(NC(=O)c2cnccc2C)nc1. The van der Waals surface area contributed by atoms with Gasteiger partial charge in [0.15, 0.2) is 5.82 Å². The topological polar surface area (TPSA) is 89.4 Å². The van der Waals surface area contributed by atoms with E-state index in [4.69, 9.17) is 4.84 Å². The molecule has 0 fully saturated rings. The highest BCUT2D eigenvalue weighted by Crippen LogP contribution is 2.14. The van der Waals surface area contributed by atoms with Gasteiger partial charge in [-0.3, -0.25) is 9.78 Å². The summed E-state index contributed by atoms with van der Waals surface area (Å²) < 4.78 is 13.6. The van der Waals surface area contributed by atoms with E-state index in [0.29, 0.717) is 29.1 Å². The van der Waals surface area contributed by atoms with E-state index < -0.39 is 5.82 Å². The van der Waals surface area contributed by atoms with E-state index in [1.54, 1.807) is 30.6 Å². The molecule has 0 spiro atoms. The summed E-state index contributed by atoms with van der Waals surface area (Å²) in [5, 5.41) is 6.70. The second-order valence-corrected chi connectivity index (χ2v) is 5.85. The first kappa shape index (κ1) is 19.1. The van der Waals surface area contributed by atoms with Crippen LogP contribution in [-0.2, 0) is 0 Å². The maximum atomic E-state index is 13.6. The van der Waals surface area contributed by atoms with Gasteiger partial charge < -0.3 is 10.2 Å². The molecule has 0 saturated heterocycles. The predicted molar refractivity (Wildman–Crippen MR) is 103 cm³/mol. The van der Waals surface area contributed by atoms with Crippen molar-refractivity contribution in [1.82, 2.24) is 15.0 Å². The van der Waals surface area contributed by atoms with Gasteiger partial charge in [0.05, 0.1) is 11.3 Å². The molecule has 3 heterocycles. The van der Waals surface area contributed by atoms with Crippen LogP contribution >= 0.6 is 0 Å². The van der Waals surface area contributed by atoms with Gasteiger partial charge in [-0.2, -0.15) is 0 Å². The number of nitrogens with zero attached hydrogens (tertiary/aromatic N) is 4. The summed E-state index contributed by atoms with van der Waals surface area (Å²) in [5.74, 6) is -0.686. The molecular weight excluding hydrogens is 361 g/mol. The van der Waals surface area contributed by atoms with Gasteiger partial charge in [-0.15, -0.1) is 0 Å². The van der Waals surface area contributed by atoms with Crippen molar-refractivity contribution in [3.8, 4) is 5.88 Å². The van der Waals surface area contributed by atoms with Crippen molar-refractivity contribution in [2.45, 2.75) is 20.3 Å².